The Hall–Kier alpha value is -1.39. The van der Waals surface area contributed by atoms with Crippen molar-refractivity contribution in [3.63, 3.8) is 0 Å². The Bertz CT molecular complexity index is 713. The van der Waals surface area contributed by atoms with Crippen LogP contribution in [0.3, 0.4) is 0 Å². The first kappa shape index (κ1) is 22.8. The van der Waals surface area contributed by atoms with Gasteiger partial charge in [0, 0.05) is 5.66 Å². The first-order chi connectivity index (χ1) is 15.3. The average molecular weight is 433 g/mol. The quantitative estimate of drug-likeness (QED) is 0.292. The van der Waals surface area contributed by atoms with E-state index in [0.29, 0.717) is 11.6 Å². The molecule has 2 fully saturated rings. The number of allylic oxidation sites excluding steroid dienone is 1. The van der Waals surface area contributed by atoms with Crippen molar-refractivity contribution < 1.29 is 0 Å². The molecule has 0 aliphatic heterocycles. The highest BCUT2D eigenvalue weighted by atomic mass is 31.1. The van der Waals surface area contributed by atoms with E-state index in [4.69, 9.17) is 0 Å². The summed E-state index contributed by atoms with van der Waals surface area (Å²) in [6.45, 7) is 7.04. The molecule has 1 unspecified atom stereocenters. The van der Waals surface area contributed by atoms with Gasteiger partial charge >= 0.3 is 0 Å². The van der Waals surface area contributed by atoms with Gasteiger partial charge < -0.3 is 0 Å². The van der Waals surface area contributed by atoms with Crippen molar-refractivity contribution in [2.45, 2.75) is 76.8 Å². The molecule has 0 N–H and O–H groups in total. The van der Waals surface area contributed by atoms with Gasteiger partial charge in [-0.15, -0.1) is 6.58 Å². The summed E-state index contributed by atoms with van der Waals surface area (Å²) in [7, 11) is -0.446. The van der Waals surface area contributed by atoms with Gasteiger partial charge in [0.15, 0.2) is 0 Å². The Kier molecular flexibility index (Phi) is 8.43. The van der Waals surface area contributed by atoms with Crippen molar-refractivity contribution in [2.24, 2.45) is 23.7 Å². The van der Waals surface area contributed by atoms with Crippen LogP contribution in [0.25, 0.3) is 0 Å². The van der Waals surface area contributed by atoms with Gasteiger partial charge in [0.2, 0.25) is 0 Å². The molecule has 2 aromatic carbocycles. The van der Waals surface area contributed by atoms with E-state index in [1.165, 1.54) is 74.8 Å². The molecule has 0 bridgehead atoms. The summed E-state index contributed by atoms with van der Waals surface area (Å²) in [4.78, 5) is 0. The third-order valence-electron chi connectivity index (χ3n) is 8.14. The maximum Gasteiger partial charge on any atom is 0.00765 e. The molecule has 31 heavy (non-hydrogen) atoms. The van der Waals surface area contributed by atoms with Crippen LogP contribution in [0.4, 0.5) is 0 Å². The van der Waals surface area contributed by atoms with Crippen LogP contribution in [0.15, 0.2) is 73.3 Å². The van der Waals surface area contributed by atoms with E-state index in [9.17, 15) is 0 Å². The van der Waals surface area contributed by atoms with Crippen molar-refractivity contribution in [3.8, 4) is 0 Å². The summed E-state index contributed by atoms with van der Waals surface area (Å²) in [5, 5.41) is 3.01. The monoisotopic (exact) mass is 432 g/mol. The van der Waals surface area contributed by atoms with Crippen molar-refractivity contribution in [2.75, 3.05) is 0 Å². The Balaban J connectivity index is 1.69. The van der Waals surface area contributed by atoms with Gasteiger partial charge in [-0.3, -0.25) is 0 Å². The number of hydrogen-bond donors (Lipinski definition) is 0. The smallest absolute Gasteiger partial charge is 0.00765 e. The molecular formula is C30H41P. The molecule has 0 nitrogen and oxygen atoms in total. The number of benzene rings is 2. The van der Waals surface area contributed by atoms with Crippen molar-refractivity contribution in [1.29, 1.82) is 0 Å². The van der Waals surface area contributed by atoms with Gasteiger partial charge in [-0.25, -0.2) is 0 Å². The van der Waals surface area contributed by atoms with E-state index in [0.717, 1.165) is 17.8 Å². The molecule has 2 aromatic rings. The zero-order chi connectivity index (χ0) is 21.5. The first-order valence-corrected chi connectivity index (χ1v) is 14.2. The summed E-state index contributed by atoms with van der Waals surface area (Å²) in [6.07, 6.45) is 16.9. The minimum Gasteiger partial charge on any atom is -0.102 e. The second-order valence-corrected chi connectivity index (χ2v) is 12.4. The fourth-order valence-electron chi connectivity index (χ4n) is 6.74. The topological polar surface area (TPSA) is 0 Å². The van der Waals surface area contributed by atoms with Crippen LogP contribution < -0.4 is 10.6 Å². The number of rotatable bonds is 8. The molecule has 0 heterocycles. The zero-order valence-electron chi connectivity index (χ0n) is 19.5. The van der Waals surface area contributed by atoms with Crippen LogP contribution in [-0.4, -0.2) is 5.66 Å². The van der Waals surface area contributed by atoms with E-state index in [2.05, 4.69) is 80.2 Å². The molecule has 2 aliphatic carbocycles. The van der Waals surface area contributed by atoms with Gasteiger partial charge in [0.25, 0.3) is 0 Å². The van der Waals surface area contributed by atoms with E-state index in [1.54, 1.807) is 0 Å². The summed E-state index contributed by atoms with van der Waals surface area (Å²) in [5.74, 6) is 3.41. The van der Waals surface area contributed by atoms with Gasteiger partial charge in [-0.2, -0.15) is 0 Å². The lowest BCUT2D eigenvalue weighted by Gasteiger charge is -2.45. The highest BCUT2D eigenvalue weighted by molar-refractivity contribution is 7.73. The highest BCUT2D eigenvalue weighted by Gasteiger charge is 2.40. The van der Waals surface area contributed by atoms with Crippen LogP contribution in [-0.2, 0) is 0 Å². The Labute approximate surface area is 192 Å². The molecule has 1 heteroatoms. The molecular weight excluding hydrogens is 391 g/mol. The highest BCUT2D eigenvalue weighted by Crippen LogP contribution is 2.51. The van der Waals surface area contributed by atoms with E-state index in [-0.39, 0.29) is 0 Å². The average Bonchev–Trinajstić information content (AvgIpc) is 2.85. The lowest BCUT2D eigenvalue weighted by Crippen LogP contribution is -2.38. The lowest BCUT2D eigenvalue weighted by atomic mass is 9.64. The van der Waals surface area contributed by atoms with Gasteiger partial charge in [0.05, 0.1) is 0 Å². The van der Waals surface area contributed by atoms with Gasteiger partial charge in [-0.05, 0) is 42.2 Å². The third-order valence-corrected chi connectivity index (χ3v) is 11.1. The predicted molar refractivity (Wildman–Crippen MR) is 139 cm³/mol. The fraction of sp³-hybridized carbons (Fsp3) is 0.533. The molecule has 2 saturated carbocycles. The molecule has 0 spiro atoms. The van der Waals surface area contributed by atoms with Crippen LogP contribution >= 0.6 is 7.92 Å². The second-order valence-electron chi connectivity index (χ2n) is 10.0. The summed E-state index contributed by atoms with van der Waals surface area (Å²) in [5.41, 5.74) is 0.536. The SMILES string of the molecule is C=CC([C@H](C)C(C1CCCCC1)C1CCCCC1)P(c1ccccc1)c1ccccc1. The van der Waals surface area contributed by atoms with Gasteiger partial charge in [-0.1, -0.05) is 138 Å². The largest absolute Gasteiger partial charge is 0.102 e. The fourth-order valence-corrected chi connectivity index (χ4v) is 9.59. The molecule has 2 aliphatic rings. The predicted octanol–water partition coefficient (Wildman–Crippen LogP) is 8.09. The van der Waals surface area contributed by atoms with Crippen LogP contribution in [0, 0.1) is 23.7 Å². The second kappa shape index (κ2) is 11.5. The lowest BCUT2D eigenvalue weighted by molar-refractivity contribution is 0.0969. The number of hydrogen-bond acceptors (Lipinski definition) is 0. The first-order valence-electron chi connectivity index (χ1n) is 12.8. The molecule has 0 amide bonds. The third kappa shape index (κ3) is 5.51. The molecule has 2 atom stereocenters. The molecule has 0 aromatic heterocycles. The Morgan fingerprint density at radius 2 is 1.13 bits per heavy atom. The summed E-state index contributed by atoms with van der Waals surface area (Å²) >= 11 is 0. The maximum absolute atomic E-state index is 4.44. The minimum atomic E-state index is -0.446. The molecule has 4 rings (SSSR count). The summed E-state index contributed by atoms with van der Waals surface area (Å²) < 4.78 is 0. The van der Waals surface area contributed by atoms with Crippen molar-refractivity contribution in [3.05, 3.63) is 73.3 Å². The van der Waals surface area contributed by atoms with Crippen molar-refractivity contribution >= 4 is 18.5 Å². The standard InChI is InChI=1S/C30H41P/c1-3-29(31(27-20-12-6-13-21-27)28-22-14-7-15-23-28)24(2)30(25-16-8-4-9-17-25)26-18-10-5-11-19-26/h3,6-7,12-15,20-26,29-30H,1,4-5,8-11,16-19H2,2H3/t24-,29?/m0/s1. The normalized spacial score (nSPS) is 20.6. The summed E-state index contributed by atoms with van der Waals surface area (Å²) in [6, 6.07) is 22.6. The molecule has 166 valence electrons. The van der Waals surface area contributed by atoms with Crippen LogP contribution in [0.1, 0.15) is 71.1 Å². The Morgan fingerprint density at radius 1 is 0.710 bits per heavy atom. The van der Waals surface area contributed by atoms with E-state index >= 15 is 0 Å². The molecule has 0 radical (unpaired) electrons. The Morgan fingerprint density at radius 3 is 1.52 bits per heavy atom. The van der Waals surface area contributed by atoms with Crippen molar-refractivity contribution in [1.82, 2.24) is 0 Å². The minimum absolute atomic E-state index is 0.446. The van der Waals surface area contributed by atoms with Crippen LogP contribution in [0.2, 0.25) is 0 Å². The van der Waals surface area contributed by atoms with E-state index in [1.807, 2.05) is 0 Å². The van der Waals surface area contributed by atoms with Gasteiger partial charge in [0.1, 0.15) is 0 Å². The van der Waals surface area contributed by atoms with Crippen LogP contribution in [0.5, 0.6) is 0 Å². The van der Waals surface area contributed by atoms with E-state index < -0.39 is 7.92 Å². The molecule has 0 saturated heterocycles. The maximum atomic E-state index is 4.44. The zero-order valence-corrected chi connectivity index (χ0v) is 20.4.